The highest BCUT2D eigenvalue weighted by Crippen LogP contribution is 2.40. The Labute approximate surface area is 123 Å². The summed E-state index contributed by atoms with van der Waals surface area (Å²) in [5.74, 6) is 1.83. The Morgan fingerprint density at radius 2 is 1.95 bits per heavy atom. The van der Waals surface area contributed by atoms with E-state index in [0.717, 1.165) is 17.7 Å². The lowest BCUT2D eigenvalue weighted by Gasteiger charge is -2.17. The summed E-state index contributed by atoms with van der Waals surface area (Å²) in [7, 11) is -2.91. The first kappa shape index (κ1) is 14.0. The summed E-state index contributed by atoms with van der Waals surface area (Å²) in [6.45, 7) is 1.28. The lowest BCUT2D eigenvalue weighted by atomic mass is 9.98. The summed E-state index contributed by atoms with van der Waals surface area (Å²) in [5.41, 5.74) is 0.901. The first-order valence-electron chi connectivity index (χ1n) is 6.79. The van der Waals surface area contributed by atoms with Crippen molar-refractivity contribution >= 4 is 21.4 Å². The number of benzene rings is 1. The highest BCUT2D eigenvalue weighted by Gasteiger charge is 2.33. The van der Waals surface area contributed by atoms with Crippen molar-refractivity contribution in [2.75, 3.05) is 24.7 Å². The lowest BCUT2D eigenvalue weighted by Crippen LogP contribution is -2.10. The van der Waals surface area contributed by atoms with Crippen molar-refractivity contribution in [3.8, 4) is 11.5 Å². The molecule has 0 bridgehead atoms. The van der Waals surface area contributed by atoms with E-state index in [1.165, 1.54) is 0 Å². The number of sulfone groups is 1. The fourth-order valence-corrected chi connectivity index (χ4v) is 4.97. The number of hydrogen-bond acceptors (Lipinski definition) is 4. The van der Waals surface area contributed by atoms with Crippen LogP contribution >= 0.6 is 11.6 Å². The predicted octanol–water partition coefficient (Wildman–Crippen LogP) is 2.56. The van der Waals surface area contributed by atoms with Gasteiger partial charge in [0.25, 0.3) is 0 Å². The molecule has 6 heteroatoms. The monoisotopic (exact) mass is 316 g/mol. The van der Waals surface area contributed by atoms with Crippen molar-refractivity contribution in [2.45, 2.75) is 18.2 Å². The van der Waals surface area contributed by atoms with Gasteiger partial charge in [-0.15, -0.1) is 11.6 Å². The van der Waals surface area contributed by atoms with Crippen molar-refractivity contribution in [2.24, 2.45) is 5.92 Å². The van der Waals surface area contributed by atoms with E-state index in [-0.39, 0.29) is 22.8 Å². The second-order valence-corrected chi connectivity index (χ2v) is 8.02. The van der Waals surface area contributed by atoms with E-state index in [0.29, 0.717) is 25.4 Å². The van der Waals surface area contributed by atoms with Gasteiger partial charge in [0, 0.05) is 6.42 Å². The molecule has 2 heterocycles. The third kappa shape index (κ3) is 2.88. The Morgan fingerprint density at radius 1 is 1.20 bits per heavy atom. The highest BCUT2D eigenvalue weighted by molar-refractivity contribution is 7.91. The Balaban J connectivity index is 1.82. The minimum atomic E-state index is -2.91. The van der Waals surface area contributed by atoms with Gasteiger partial charge in [-0.05, 0) is 30.0 Å². The molecule has 0 saturated carbocycles. The molecule has 110 valence electrons. The molecule has 4 nitrogen and oxygen atoms in total. The fraction of sp³-hybridized carbons (Fsp3) is 0.571. The summed E-state index contributed by atoms with van der Waals surface area (Å²) >= 11 is 6.46. The van der Waals surface area contributed by atoms with Gasteiger partial charge in [0.1, 0.15) is 0 Å². The molecule has 1 aromatic rings. The molecule has 0 aromatic heterocycles. The normalized spacial score (nSPS) is 25.9. The Kier molecular flexibility index (Phi) is 3.82. The van der Waals surface area contributed by atoms with Crippen LogP contribution in [-0.2, 0) is 9.84 Å². The van der Waals surface area contributed by atoms with Crippen LogP contribution < -0.4 is 9.47 Å². The van der Waals surface area contributed by atoms with Gasteiger partial charge in [-0.1, -0.05) is 6.07 Å². The number of fused-ring (bicyclic) bond motifs is 1. The molecule has 2 atom stereocenters. The van der Waals surface area contributed by atoms with Gasteiger partial charge in [0.05, 0.1) is 30.1 Å². The van der Waals surface area contributed by atoms with E-state index in [9.17, 15) is 8.42 Å². The number of alkyl halides is 1. The van der Waals surface area contributed by atoms with Gasteiger partial charge >= 0.3 is 0 Å². The first-order valence-corrected chi connectivity index (χ1v) is 9.05. The third-order valence-electron chi connectivity index (χ3n) is 3.77. The fourth-order valence-electron chi connectivity index (χ4n) is 2.68. The number of ether oxygens (including phenoxy) is 2. The van der Waals surface area contributed by atoms with Crippen molar-refractivity contribution in [1.29, 1.82) is 0 Å². The van der Waals surface area contributed by atoms with Crippen LogP contribution in [0, 0.1) is 5.92 Å². The van der Waals surface area contributed by atoms with Gasteiger partial charge in [-0.3, -0.25) is 0 Å². The predicted molar refractivity (Wildman–Crippen MR) is 77.4 cm³/mol. The van der Waals surface area contributed by atoms with Crippen LogP contribution in [0.3, 0.4) is 0 Å². The molecule has 2 aliphatic heterocycles. The molecule has 2 aliphatic rings. The Morgan fingerprint density at radius 3 is 2.65 bits per heavy atom. The molecule has 20 heavy (non-hydrogen) atoms. The largest absolute Gasteiger partial charge is 0.490 e. The summed E-state index contributed by atoms with van der Waals surface area (Å²) in [6, 6.07) is 5.63. The molecular formula is C14H17ClO4S. The van der Waals surface area contributed by atoms with Crippen LogP contribution in [0.2, 0.25) is 0 Å². The molecule has 0 amide bonds. The highest BCUT2D eigenvalue weighted by atomic mass is 35.5. The zero-order chi connectivity index (χ0) is 14.2. The van der Waals surface area contributed by atoms with Gasteiger partial charge in [-0.2, -0.15) is 0 Å². The molecule has 1 fully saturated rings. The zero-order valence-corrected chi connectivity index (χ0v) is 12.6. The van der Waals surface area contributed by atoms with E-state index < -0.39 is 9.84 Å². The molecule has 1 saturated heterocycles. The van der Waals surface area contributed by atoms with Gasteiger partial charge in [0.15, 0.2) is 21.3 Å². The minimum absolute atomic E-state index is 0.0218. The van der Waals surface area contributed by atoms with Crippen molar-refractivity contribution in [3.63, 3.8) is 0 Å². The van der Waals surface area contributed by atoms with Gasteiger partial charge in [-0.25, -0.2) is 8.42 Å². The molecular weight excluding hydrogens is 300 g/mol. The van der Waals surface area contributed by atoms with Crippen LogP contribution in [0.4, 0.5) is 0 Å². The summed E-state index contributed by atoms with van der Waals surface area (Å²) in [5, 5.41) is -0.301. The molecule has 0 radical (unpaired) electrons. The van der Waals surface area contributed by atoms with Crippen molar-refractivity contribution in [1.82, 2.24) is 0 Å². The van der Waals surface area contributed by atoms with Gasteiger partial charge < -0.3 is 9.47 Å². The maximum absolute atomic E-state index is 11.6. The van der Waals surface area contributed by atoms with E-state index in [4.69, 9.17) is 21.1 Å². The molecule has 3 rings (SSSR count). The van der Waals surface area contributed by atoms with E-state index in [2.05, 4.69) is 0 Å². The zero-order valence-electron chi connectivity index (χ0n) is 11.0. The second kappa shape index (κ2) is 5.45. The van der Waals surface area contributed by atoms with Crippen LogP contribution in [0.15, 0.2) is 18.2 Å². The minimum Gasteiger partial charge on any atom is -0.490 e. The Bertz CT molecular complexity index is 599. The van der Waals surface area contributed by atoms with Crippen LogP contribution in [-0.4, -0.2) is 33.1 Å². The third-order valence-corrected chi connectivity index (χ3v) is 6.17. The summed E-state index contributed by atoms with van der Waals surface area (Å²) in [4.78, 5) is 0. The van der Waals surface area contributed by atoms with E-state index in [1.54, 1.807) is 0 Å². The number of halogens is 1. The molecule has 0 aliphatic carbocycles. The number of hydrogen-bond donors (Lipinski definition) is 0. The SMILES string of the molecule is O=S1(=O)CCC(C(Cl)c2ccc3c(c2)OCCCO3)C1. The summed E-state index contributed by atoms with van der Waals surface area (Å²) < 4.78 is 34.3. The molecule has 0 spiro atoms. The van der Waals surface area contributed by atoms with E-state index in [1.807, 2.05) is 18.2 Å². The van der Waals surface area contributed by atoms with Crippen molar-refractivity contribution in [3.05, 3.63) is 23.8 Å². The number of rotatable bonds is 2. The quantitative estimate of drug-likeness (QED) is 0.787. The average molecular weight is 317 g/mol. The summed E-state index contributed by atoms with van der Waals surface area (Å²) in [6.07, 6.45) is 1.49. The van der Waals surface area contributed by atoms with Crippen LogP contribution in [0.1, 0.15) is 23.8 Å². The standard InChI is InChI=1S/C14H17ClO4S/c15-14(11-4-7-20(16,17)9-11)10-2-3-12-13(8-10)19-6-1-5-18-12/h2-3,8,11,14H,1,4-7,9H2. The maximum atomic E-state index is 11.6. The lowest BCUT2D eigenvalue weighted by molar-refractivity contribution is 0.297. The Hall–Kier alpha value is -0.940. The first-order chi connectivity index (χ1) is 9.55. The molecule has 2 unspecified atom stereocenters. The molecule has 0 N–H and O–H groups in total. The average Bonchev–Trinajstić information content (AvgIpc) is 2.65. The smallest absolute Gasteiger partial charge is 0.161 e. The topological polar surface area (TPSA) is 52.6 Å². The van der Waals surface area contributed by atoms with Crippen molar-refractivity contribution < 1.29 is 17.9 Å². The second-order valence-electron chi connectivity index (χ2n) is 5.32. The maximum Gasteiger partial charge on any atom is 0.161 e. The van der Waals surface area contributed by atoms with Gasteiger partial charge in [0.2, 0.25) is 0 Å². The van der Waals surface area contributed by atoms with E-state index >= 15 is 0 Å². The van der Waals surface area contributed by atoms with Crippen LogP contribution in [0.5, 0.6) is 11.5 Å². The van der Waals surface area contributed by atoms with Crippen LogP contribution in [0.25, 0.3) is 0 Å². The molecule has 1 aromatic carbocycles.